The van der Waals surface area contributed by atoms with Gasteiger partial charge in [-0.15, -0.1) is 0 Å². The topological polar surface area (TPSA) is 55.1 Å². The fraction of sp³-hybridized carbons (Fsp3) is 0.286. The smallest absolute Gasteiger partial charge is 0.397 e. The van der Waals surface area contributed by atoms with E-state index in [4.69, 9.17) is 4.42 Å². The Hall–Kier alpha value is -2.31. The van der Waals surface area contributed by atoms with Crippen molar-refractivity contribution in [3.63, 3.8) is 0 Å². The number of halogens is 3. The first-order valence-electron chi connectivity index (χ1n) is 6.16. The number of hydrogen-bond donors (Lipinski definition) is 1. The van der Waals surface area contributed by atoms with Crippen molar-refractivity contribution in [1.82, 2.24) is 4.98 Å². The Bertz CT molecular complexity index is 626. The van der Waals surface area contributed by atoms with Crippen LogP contribution < -0.4 is 5.32 Å². The molecule has 0 spiro atoms. The quantitative estimate of drug-likeness (QED) is 0.936. The number of anilines is 1. The second-order valence-corrected chi connectivity index (χ2v) is 4.58. The van der Waals surface area contributed by atoms with Crippen molar-refractivity contribution in [1.29, 1.82) is 0 Å². The predicted octanol–water partition coefficient (Wildman–Crippen LogP) is 3.85. The highest BCUT2D eigenvalue weighted by Gasteiger charge is 2.31. The SMILES string of the molecule is Cc1nc(-c2ccc(NC(=O)CC(F)(F)F)cc2)oc1C. The lowest BCUT2D eigenvalue weighted by Crippen LogP contribution is -2.21. The van der Waals surface area contributed by atoms with Gasteiger partial charge in [-0.3, -0.25) is 4.79 Å². The Morgan fingerprint density at radius 3 is 2.33 bits per heavy atom. The molecule has 0 bridgehead atoms. The fourth-order valence-corrected chi connectivity index (χ4v) is 1.68. The van der Waals surface area contributed by atoms with E-state index in [2.05, 4.69) is 10.3 Å². The molecule has 0 unspecified atom stereocenters. The molecule has 21 heavy (non-hydrogen) atoms. The number of rotatable bonds is 3. The van der Waals surface area contributed by atoms with Crippen LogP contribution in [-0.2, 0) is 4.79 Å². The van der Waals surface area contributed by atoms with Crippen LogP contribution in [0.5, 0.6) is 0 Å². The number of alkyl halides is 3. The highest BCUT2D eigenvalue weighted by molar-refractivity contribution is 5.91. The molecule has 0 fully saturated rings. The molecule has 1 aromatic heterocycles. The minimum atomic E-state index is -4.52. The Morgan fingerprint density at radius 2 is 1.86 bits per heavy atom. The van der Waals surface area contributed by atoms with Gasteiger partial charge in [0, 0.05) is 11.3 Å². The van der Waals surface area contributed by atoms with Gasteiger partial charge in [-0.2, -0.15) is 13.2 Å². The normalized spacial score (nSPS) is 11.5. The summed E-state index contributed by atoms with van der Waals surface area (Å²) < 4.78 is 41.6. The van der Waals surface area contributed by atoms with E-state index in [0.717, 1.165) is 5.69 Å². The van der Waals surface area contributed by atoms with Gasteiger partial charge in [-0.25, -0.2) is 4.98 Å². The first-order valence-corrected chi connectivity index (χ1v) is 6.16. The summed E-state index contributed by atoms with van der Waals surface area (Å²) in [5.41, 5.74) is 1.74. The number of oxazole rings is 1. The molecule has 1 amide bonds. The van der Waals surface area contributed by atoms with Gasteiger partial charge in [-0.05, 0) is 38.1 Å². The number of nitrogens with one attached hydrogen (secondary N) is 1. The molecule has 7 heteroatoms. The standard InChI is InChI=1S/C14H13F3N2O2/c1-8-9(2)21-13(18-8)10-3-5-11(6-4-10)19-12(20)7-14(15,16)17/h3-6H,7H2,1-2H3,(H,19,20). The zero-order chi connectivity index (χ0) is 15.6. The number of hydrogen-bond acceptors (Lipinski definition) is 3. The highest BCUT2D eigenvalue weighted by Crippen LogP contribution is 2.24. The Kier molecular flexibility index (Phi) is 4.02. The molecule has 0 aliphatic carbocycles. The van der Waals surface area contributed by atoms with Gasteiger partial charge in [0.15, 0.2) is 0 Å². The zero-order valence-electron chi connectivity index (χ0n) is 11.4. The van der Waals surface area contributed by atoms with Gasteiger partial charge in [0.05, 0.1) is 5.69 Å². The molecule has 112 valence electrons. The molecule has 2 aromatic rings. The number of aromatic nitrogens is 1. The number of benzene rings is 1. The van der Waals surface area contributed by atoms with Crippen molar-refractivity contribution in [2.24, 2.45) is 0 Å². The van der Waals surface area contributed by atoms with Crippen LogP contribution >= 0.6 is 0 Å². The number of carbonyl (C=O) groups excluding carboxylic acids is 1. The van der Waals surface area contributed by atoms with Gasteiger partial charge >= 0.3 is 6.18 Å². The van der Waals surface area contributed by atoms with Gasteiger partial charge in [0.25, 0.3) is 0 Å². The minimum absolute atomic E-state index is 0.285. The molecule has 2 rings (SSSR count). The summed E-state index contributed by atoms with van der Waals surface area (Å²) in [6.07, 6.45) is -6.02. The average molecular weight is 298 g/mol. The van der Waals surface area contributed by atoms with E-state index in [-0.39, 0.29) is 5.69 Å². The van der Waals surface area contributed by atoms with Crippen LogP contribution in [0.1, 0.15) is 17.9 Å². The predicted molar refractivity (Wildman–Crippen MR) is 70.7 cm³/mol. The molecule has 0 saturated heterocycles. The number of carbonyl (C=O) groups is 1. The first-order chi connectivity index (χ1) is 9.74. The third-order valence-electron chi connectivity index (χ3n) is 2.81. The summed E-state index contributed by atoms with van der Waals surface area (Å²) in [6, 6.07) is 6.23. The Morgan fingerprint density at radius 1 is 1.24 bits per heavy atom. The summed E-state index contributed by atoms with van der Waals surface area (Å²) in [5, 5.41) is 2.18. The van der Waals surface area contributed by atoms with Gasteiger partial charge in [-0.1, -0.05) is 0 Å². The monoisotopic (exact) mass is 298 g/mol. The molecular weight excluding hydrogens is 285 g/mol. The van der Waals surface area contributed by atoms with E-state index < -0.39 is 18.5 Å². The fourth-order valence-electron chi connectivity index (χ4n) is 1.68. The first kappa shape index (κ1) is 15.1. The van der Waals surface area contributed by atoms with Crippen LogP contribution in [0.25, 0.3) is 11.5 Å². The second kappa shape index (κ2) is 5.59. The van der Waals surface area contributed by atoms with Crippen molar-refractivity contribution < 1.29 is 22.4 Å². The van der Waals surface area contributed by atoms with Crippen molar-refractivity contribution in [3.05, 3.63) is 35.7 Å². The van der Waals surface area contributed by atoms with Gasteiger partial charge in [0.1, 0.15) is 12.2 Å². The molecule has 1 aromatic carbocycles. The van der Waals surface area contributed by atoms with Crippen molar-refractivity contribution in [2.45, 2.75) is 26.4 Å². The average Bonchev–Trinajstić information content (AvgIpc) is 2.68. The third-order valence-corrected chi connectivity index (χ3v) is 2.81. The Labute approximate surface area is 119 Å². The molecular formula is C14H13F3N2O2. The van der Waals surface area contributed by atoms with Crippen molar-refractivity contribution in [2.75, 3.05) is 5.32 Å². The maximum atomic E-state index is 12.1. The molecule has 0 aliphatic rings. The van der Waals surface area contributed by atoms with E-state index >= 15 is 0 Å². The second-order valence-electron chi connectivity index (χ2n) is 4.58. The van der Waals surface area contributed by atoms with E-state index in [9.17, 15) is 18.0 Å². The molecule has 4 nitrogen and oxygen atoms in total. The molecule has 0 saturated carbocycles. The summed E-state index contributed by atoms with van der Waals surface area (Å²) in [7, 11) is 0. The van der Waals surface area contributed by atoms with E-state index in [1.165, 1.54) is 12.1 Å². The molecule has 0 atom stereocenters. The maximum Gasteiger partial charge on any atom is 0.397 e. The molecule has 1 N–H and O–H groups in total. The number of amides is 1. The maximum absolute atomic E-state index is 12.1. The highest BCUT2D eigenvalue weighted by atomic mass is 19.4. The number of aryl methyl sites for hydroxylation is 2. The zero-order valence-corrected chi connectivity index (χ0v) is 11.4. The van der Waals surface area contributed by atoms with Crippen LogP contribution in [0.15, 0.2) is 28.7 Å². The summed E-state index contributed by atoms with van der Waals surface area (Å²) in [5.74, 6) is 0.0313. The molecule has 0 aliphatic heterocycles. The summed E-state index contributed by atoms with van der Waals surface area (Å²) in [4.78, 5) is 15.4. The van der Waals surface area contributed by atoms with Crippen molar-refractivity contribution in [3.8, 4) is 11.5 Å². The summed E-state index contributed by atoms with van der Waals surface area (Å²) in [6.45, 7) is 3.60. The molecule has 0 radical (unpaired) electrons. The lowest BCUT2D eigenvalue weighted by atomic mass is 10.2. The Balaban J connectivity index is 2.07. The van der Waals surface area contributed by atoms with Crippen LogP contribution in [0, 0.1) is 13.8 Å². The largest absolute Gasteiger partial charge is 0.441 e. The minimum Gasteiger partial charge on any atom is -0.441 e. The summed E-state index contributed by atoms with van der Waals surface area (Å²) >= 11 is 0. The number of nitrogens with zero attached hydrogens (tertiary/aromatic N) is 1. The van der Waals surface area contributed by atoms with Crippen LogP contribution in [0.3, 0.4) is 0 Å². The van der Waals surface area contributed by atoms with Crippen molar-refractivity contribution >= 4 is 11.6 Å². The van der Waals surface area contributed by atoms with E-state index in [0.29, 0.717) is 17.2 Å². The van der Waals surface area contributed by atoms with Crippen LogP contribution in [-0.4, -0.2) is 17.1 Å². The van der Waals surface area contributed by atoms with E-state index in [1.807, 2.05) is 6.92 Å². The lowest BCUT2D eigenvalue weighted by molar-refractivity contribution is -0.150. The van der Waals surface area contributed by atoms with Gasteiger partial charge < -0.3 is 9.73 Å². The van der Waals surface area contributed by atoms with Crippen LogP contribution in [0.2, 0.25) is 0 Å². The van der Waals surface area contributed by atoms with E-state index in [1.54, 1.807) is 19.1 Å². The van der Waals surface area contributed by atoms with Crippen LogP contribution in [0.4, 0.5) is 18.9 Å². The van der Waals surface area contributed by atoms with Gasteiger partial charge in [0.2, 0.25) is 11.8 Å². The third kappa shape index (κ3) is 4.08. The molecule has 1 heterocycles. The lowest BCUT2D eigenvalue weighted by Gasteiger charge is -2.07.